The Morgan fingerprint density at radius 1 is 1.14 bits per heavy atom. The molecule has 0 radical (unpaired) electrons. The summed E-state index contributed by atoms with van der Waals surface area (Å²) in [6.45, 7) is 1.97. The fourth-order valence-electron chi connectivity index (χ4n) is 3.11. The van der Waals surface area contributed by atoms with Crippen molar-refractivity contribution in [2.45, 2.75) is 19.3 Å². The monoisotopic (exact) mass is 283 g/mol. The number of aromatic amines is 1. The van der Waals surface area contributed by atoms with Crippen molar-refractivity contribution in [1.82, 2.24) is 15.0 Å². The molecule has 1 saturated heterocycles. The van der Waals surface area contributed by atoms with Gasteiger partial charge in [-0.15, -0.1) is 0 Å². The van der Waals surface area contributed by atoms with Gasteiger partial charge < -0.3 is 20.7 Å². The molecule has 1 aliphatic heterocycles. The number of aromatic nitrogens is 3. The van der Waals surface area contributed by atoms with Gasteiger partial charge in [-0.2, -0.15) is 9.97 Å². The molecule has 3 aromatic rings. The molecule has 4 rings (SSSR count). The van der Waals surface area contributed by atoms with Crippen LogP contribution >= 0.6 is 0 Å². The number of fused-ring (bicyclic) bond motifs is 3. The molecule has 6 nitrogen and oxygen atoms in total. The van der Waals surface area contributed by atoms with Crippen LogP contribution in [0.25, 0.3) is 21.9 Å². The molecule has 2 aromatic heterocycles. The van der Waals surface area contributed by atoms with Crippen molar-refractivity contribution in [2.24, 2.45) is 0 Å². The van der Waals surface area contributed by atoms with E-state index in [0.717, 1.165) is 40.8 Å². The van der Waals surface area contributed by atoms with Gasteiger partial charge in [-0.25, -0.2) is 0 Å². The van der Waals surface area contributed by atoms with Gasteiger partial charge in [-0.3, -0.25) is 0 Å². The first kappa shape index (κ1) is 12.3. The molecule has 0 unspecified atom stereocenters. The molecule has 0 bridgehead atoms. The maximum atomic E-state index is 9.77. The standard InChI is InChI=1S/C15H17N5O/c16-15-18-13-12(10-8-9(21)4-5-11(10)17-13)14(19-15)20-6-2-1-3-7-20/h4-5,8,21H,1-3,6-7H2,(H3,16,17,18,19). The largest absolute Gasteiger partial charge is 0.508 e. The van der Waals surface area contributed by atoms with E-state index in [0.29, 0.717) is 0 Å². The zero-order chi connectivity index (χ0) is 14.4. The van der Waals surface area contributed by atoms with Crippen molar-refractivity contribution in [2.75, 3.05) is 23.7 Å². The number of nitrogen functional groups attached to an aromatic ring is 1. The van der Waals surface area contributed by atoms with Gasteiger partial charge in [-0.05, 0) is 37.5 Å². The molecule has 1 fully saturated rings. The van der Waals surface area contributed by atoms with Gasteiger partial charge in [0, 0.05) is 24.0 Å². The van der Waals surface area contributed by atoms with Gasteiger partial charge in [0.2, 0.25) is 5.95 Å². The third kappa shape index (κ3) is 1.94. The zero-order valence-electron chi connectivity index (χ0n) is 11.6. The summed E-state index contributed by atoms with van der Waals surface area (Å²) < 4.78 is 0. The van der Waals surface area contributed by atoms with Gasteiger partial charge >= 0.3 is 0 Å². The van der Waals surface area contributed by atoms with Crippen LogP contribution in [0.15, 0.2) is 18.2 Å². The van der Waals surface area contributed by atoms with Crippen LogP contribution in [0.3, 0.4) is 0 Å². The van der Waals surface area contributed by atoms with E-state index in [-0.39, 0.29) is 11.7 Å². The average Bonchev–Trinajstić information content (AvgIpc) is 2.84. The van der Waals surface area contributed by atoms with Gasteiger partial charge in [0.25, 0.3) is 0 Å². The third-order valence-electron chi connectivity index (χ3n) is 4.09. The zero-order valence-corrected chi connectivity index (χ0v) is 11.6. The number of nitrogens with zero attached hydrogens (tertiary/aromatic N) is 3. The lowest BCUT2D eigenvalue weighted by Gasteiger charge is -2.28. The molecular weight excluding hydrogens is 266 g/mol. The molecule has 4 N–H and O–H groups in total. The SMILES string of the molecule is Nc1nc(N2CCCCC2)c2c(n1)[nH]c1ccc(O)cc12. The molecule has 0 spiro atoms. The Morgan fingerprint density at radius 3 is 2.76 bits per heavy atom. The van der Waals surface area contributed by atoms with E-state index in [4.69, 9.17) is 5.73 Å². The predicted molar refractivity (Wildman–Crippen MR) is 83.5 cm³/mol. The number of phenols is 1. The Hall–Kier alpha value is -2.50. The fourth-order valence-corrected chi connectivity index (χ4v) is 3.11. The molecule has 1 aliphatic rings. The van der Waals surface area contributed by atoms with E-state index >= 15 is 0 Å². The van der Waals surface area contributed by atoms with Crippen LogP contribution in [0.5, 0.6) is 5.75 Å². The maximum absolute atomic E-state index is 9.77. The van der Waals surface area contributed by atoms with Crippen LogP contribution in [0.1, 0.15) is 19.3 Å². The molecule has 0 atom stereocenters. The summed E-state index contributed by atoms with van der Waals surface area (Å²) in [6, 6.07) is 5.26. The average molecular weight is 283 g/mol. The van der Waals surface area contributed by atoms with E-state index in [1.165, 1.54) is 19.3 Å². The highest BCUT2D eigenvalue weighted by molar-refractivity contribution is 6.12. The van der Waals surface area contributed by atoms with Crippen LogP contribution in [0.4, 0.5) is 11.8 Å². The maximum Gasteiger partial charge on any atom is 0.223 e. The van der Waals surface area contributed by atoms with Gasteiger partial charge in [-0.1, -0.05) is 0 Å². The van der Waals surface area contributed by atoms with Gasteiger partial charge in [0.15, 0.2) is 0 Å². The van der Waals surface area contributed by atoms with Gasteiger partial charge in [0.05, 0.1) is 5.39 Å². The Bertz CT molecular complexity index is 820. The summed E-state index contributed by atoms with van der Waals surface area (Å²) in [5.74, 6) is 1.39. The lowest BCUT2D eigenvalue weighted by molar-refractivity contribution is 0.476. The van der Waals surface area contributed by atoms with Crippen molar-refractivity contribution in [1.29, 1.82) is 0 Å². The van der Waals surface area contributed by atoms with Crippen molar-refractivity contribution >= 4 is 33.7 Å². The number of nitrogens with one attached hydrogen (secondary N) is 1. The number of phenolic OH excluding ortho intramolecular Hbond substituents is 1. The highest BCUT2D eigenvalue weighted by Crippen LogP contribution is 2.34. The Kier molecular flexibility index (Phi) is 2.63. The summed E-state index contributed by atoms with van der Waals surface area (Å²) in [5.41, 5.74) is 7.52. The minimum atomic E-state index is 0.241. The normalized spacial score (nSPS) is 15.9. The van der Waals surface area contributed by atoms with E-state index in [1.54, 1.807) is 12.1 Å². The minimum Gasteiger partial charge on any atom is -0.508 e. The van der Waals surface area contributed by atoms with Crippen molar-refractivity contribution in [3.63, 3.8) is 0 Å². The van der Waals surface area contributed by atoms with E-state index < -0.39 is 0 Å². The van der Waals surface area contributed by atoms with Crippen molar-refractivity contribution < 1.29 is 5.11 Å². The van der Waals surface area contributed by atoms with Crippen molar-refractivity contribution in [3.05, 3.63) is 18.2 Å². The Labute approximate surface area is 121 Å². The Balaban J connectivity index is 2.03. The van der Waals surface area contributed by atoms with Crippen LogP contribution in [0.2, 0.25) is 0 Å². The predicted octanol–water partition coefficient (Wildman–Crippen LogP) is 2.39. The van der Waals surface area contributed by atoms with E-state index in [2.05, 4.69) is 19.9 Å². The number of nitrogens with two attached hydrogens (primary N) is 1. The molecule has 6 heteroatoms. The number of rotatable bonds is 1. The van der Waals surface area contributed by atoms with Crippen LogP contribution in [0, 0.1) is 0 Å². The third-order valence-corrected chi connectivity index (χ3v) is 4.09. The van der Waals surface area contributed by atoms with Crippen molar-refractivity contribution in [3.8, 4) is 5.75 Å². The highest BCUT2D eigenvalue weighted by atomic mass is 16.3. The quantitative estimate of drug-likeness (QED) is 0.638. The molecule has 21 heavy (non-hydrogen) atoms. The molecule has 3 heterocycles. The first-order chi connectivity index (χ1) is 10.2. The van der Waals surface area contributed by atoms with E-state index in [1.807, 2.05) is 6.07 Å². The molecular formula is C15H17N5O. The highest BCUT2D eigenvalue weighted by Gasteiger charge is 2.19. The number of anilines is 2. The summed E-state index contributed by atoms with van der Waals surface area (Å²) in [4.78, 5) is 14.3. The smallest absolute Gasteiger partial charge is 0.223 e. The first-order valence-corrected chi connectivity index (χ1v) is 7.25. The second kappa shape index (κ2) is 4.51. The number of aromatic hydroxyl groups is 1. The minimum absolute atomic E-state index is 0.241. The molecule has 0 saturated carbocycles. The fraction of sp³-hybridized carbons (Fsp3) is 0.333. The number of benzene rings is 1. The Morgan fingerprint density at radius 2 is 1.95 bits per heavy atom. The van der Waals surface area contributed by atoms with Crippen LogP contribution in [-0.2, 0) is 0 Å². The molecule has 108 valence electrons. The number of piperidine rings is 1. The second-order valence-electron chi connectivity index (χ2n) is 5.53. The summed E-state index contributed by atoms with van der Waals surface area (Å²) in [7, 11) is 0. The lowest BCUT2D eigenvalue weighted by Crippen LogP contribution is -2.30. The summed E-state index contributed by atoms with van der Waals surface area (Å²) in [6.07, 6.45) is 3.59. The summed E-state index contributed by atoms with van der Waals surface area (Å²) >= 11 is 0. The van der Waals surface area contributed by atoms with Crippen LogP contribution < -0.4 is 10.6 Å². The van der Waals surface area contributed by atoms with Gasteiger partial charge in [0.1, 0.15) is 17.2 Å². The van der Waals surface area contributed by atoms with E-state index in [9.17, 15) is 5.11 Å². The summed E-state index contributed by atoms with van der Waals surface area (Å²) in [5, 5.41) is 11.6. The topological polar surface area (TPSA) is 91.1 Å². The van der Waals surface area contributed by atoms with Crippen LogP contribution in [-0.4, -0.2) is 33.1 Å². The number of hydrogen-bond donors (Lipinski definition) is 3. The number of hydrogen-bond acceptors (Lipinski definition) is 5. The molecule has 0 amide bonds. The molecule has 0 aliphatic carbocycles. The number of H-pyrrole nitrogens is 1. The lowest BCUT2D eigenvalue weighted by atomic mass is 10.1. The first-order valence-electron chi connectivity index (χ1n) is 7.25. The second-order valence-corrected chi connectivity index (χ2v) is 5.53. The molecule has 1 aromatic carbocycles.